The normalized spacial score (nSPS) is 16.9. The van der Waals surface area contributed by atoms with Gasteiger partial charge in [0.25, 0.3) is 0 Å². The number of nitrogens with zero attached hydrogens (tertiary/aromatic N) is 2. The Bertz CT molecular complexity index is 679. The summed E-state index contributed by atoms with van der Waals surface area (Å²) in [5.74, 6) is 0. The topological polar surface area (TPSA) is 79.2 Å². The fourth-order valence-electron chi connectivity index (χ4n) is 3.01. The molecule has 1 aliphatic rings. The number of aliphatic hydroxyl groups is 1. The van der Waals surface area contributed by atoms with E-state index in [-0.39, 0.29) is 18.7 Å². The Hall–Kier alpha value is -1.86. The molecule has 2 heterocycles. The maximum absolute atomic E-state index is 12.2. The second kappa shape index (κ2) is 7.14. The van der Waals surface area contributed by atoms with Gasteiger partial charge in [-0.1, -0.05) is 0 Å². The molecule has 1 aliphatic carbocycles. The average Bonchev–Trinajstić information content (AvgIpc) is 3.13. The zero-order valence-corrected chi connectivity index (χ0v) is 14.0. The maximum atomic E-state index is 12.2. The van der Waals surface area contributed by atoms with Crippen molar-refractivity contribution in [2.45, 2.75) is 45.3 Å². The van der Waals surface area contributed by atoms with Crippen LogP contribution in [-0.2, 0) is 19.5 Å². The molecule has 3 rings (SSSR count). The third-order valence-electron chi connectivity index (χ3n) is 4.26. The highest BCUT2D eigenvalue weighted by Gasteiger charge is 2.25. The zero-order valence-electron chi connectivity index (χ0n) is 13.2. The highest BCUT2D eigenvalue weighted by molar-refractivity contribution is 7.10. The smallest absolute Gasteiger partial charge is 0.315 e. The second-order valence-electron chi connectivity index (χ2n) is 5.79. The van der Waals surface area contributed by atoms with Gasteiger partial charge in [-0.2, -0.15) is 5.10 Å². The van der Waals surface area contributed by atoms with Crippen LogP contribution in [0.4, 0.5) is 4.79 Å². The monoisotopic (exact) mass is 334 g/mol. The van der Waals surface area contributed by atoms with Crippen molar-refractivity contribution in [2.24, 2.45) is 0 Å². The molecule has 2 aromatic heterocycles. The van der Waals surface area contributed by atoms with Crippen LogP contribution in [0.3, 0.4) is 0 Å². The van der Waals surface area contributed by atoms with Gasteiger partial charge in [0.2, 0.25) is 0 Å². The molecule has 6 nitrogen and oxygen atoms in total. The van der Waals surface area contributed by atoms with Crippen molar-refractivity contribution in [1.29, 1.82) is 0 Å². The van der Waals surface area contributed by atoms with Gasteiger partial charge in [0, 0.05) is 16.1 Å². The molecule has 0 saturated heterocycles. The Morgan fingerprint density at radius 1 is 1.57 bits per heavy atom. The van der Waals surface area contributed by atoms with E-state index < -0.39 is 0 Å². The highest BCUT2D eigenvalue weighted by atomic mass is 32.1. The number of nitrogens with one attached hydrogen (secondary N) is 2. The lowest BCUT2D eigenvalue weighted by Crippen LogP contribution is -2.38. The summed E-state index contributed by atoms with van der Waals surface area (Å²) in [6.45, 7) is 3.19. The molecule has 0 aromatic carbocycles. The third kappa shape index (κ3) is 3.56. The first-order valence-corrected chi connectivity index (χ1v) is 8.79. The van der Waals surface area contributed by atoms with E-state index in [4.69, 9.17) is 5.11 Å². The van der Waals surface area contributed by atoms with Crippen molar-refractivity contribution >= 4 is 17.4 Å². The predicted molar refractivity (Wildman–Crippen MR) is 89.4 cm³/mol. The fraction of sp³-hybridized carbons (Fsp3) is 0.500. The van der Waals surface area contributed by atoms with Gasteiger partial charge in [-0.15, -0.1) is 11.3 Å². The number of hydrogen-bond acceptors (Lipinski definition) is 4. The van der Waals surface area contributed by atoms with Crippen LogP contribution < -0.4 is 10.6 Å². The summed E-state index contributed by atoms with van der Waals surface area (Å²) in [6, 6.07) is 1.91. The molecule has 0 radical (unpaired) electrons. The highest BCUT2D eigenvalue weighted by Crippen LogP contribution is 2.29. The van der Waals surface area contributed by atoms with Crippen LogP contribution in [0.1, 0.15) is 40.6 Å². The number of fused-ring (bicyclic) bond motifs is 1. The van der Waals surface area contributed by atoms with Gasteiger partial charge in [0.05, 0.1) is 31.9 Å². The quantitative estimate of drug-likeness (QED) is 0.784. The molecular formula is C16H22N4O2S. The van der Waals surface area contributed by atoms with Crippen molar-refractivity contribution in [3.05, 3.63) is 39.3 Å². The van der Waals surface area contributed by atoms with E-state index in [9.17, 15) is 4.79 Å². The zero-order chi connectivity index (χ0) is 16.2. The van der Waals surface area contributed by atoms with Crippen LogP contribution >= 0.6 is 11.3 Å². The third-order valence-corrected chi connectivity index (χ3v) is 5.28. The lowest BCUT2D eigenvalue weighted by Gasteiger charge is -2.24. The molecule has 2 amide bonds. The maximum Gasteiger partial charge on any atom is 0.315 e. The minimum absolute atomic E-state index is 0.00405. The molecule has 1 unspecified atom stereocenters. The van der Waals surface area contributed by atoms with Gasteiger partial charge in [0.15, 0.2) is 0 Å². The Labute approximate surface area is 139 Å². The molecule has 23 heavy (non-hydrogen) atoms. The molecular weight excluding hydrogens is 312 g/mol. The van der Waals surface area contributed by atoms with E-state index in [0.29, 0.717) is 13.1 Å². The second-order valence-corrected chi connectivity index (χ2v) is 6.79. The van der Waals surface area contributed by atoms with Crippen molar-refractivity contribution in [1.82, 2.24) is 20.4 Å². The summed E-state index contributed by atoms with van der Waals surface area (Å²) in [5.41, 5.74) is 3.41. The van der Waals surface area contributed by atoms with E-state index in [1.54, 1.807) is 11.3 Å². The Kier molecular flexibility index (Phi) is 4.97. The number of carbonyl (C=O) groups excluding carboxylic acids is 1. The number of rotatable bonds is 5. The number of amides is 2. The standard InChI is InChI=1S/C16H22N4O2S/c1-11-5-8-23-15(11)10-17-16(22)19-13-3-2-4-14-12(13)9-18-20(14)6-7-21/h5,8-9,13,21H,2-4,6-7,10H2,1H3,(H2,17,19,22). The molecule has 2 aromatic rings. The minimum Gasteiger partial charge on any atom is -0.394 e. The Morgan fingerprint density at radius 3 is 3.17 bits per heavy atom. The fourth-order valence-corrected chi connectivity index (χ4v) is 3.86. The number of aromatic nitrogens is 2. The lowest BCUT2D eigenvalue weighted by molar-refractivity contribution is 0.235. The molecule has 3 N–H and O–H groups in total. The number of hydrogen-bond donors (Lipinski definition) is 3. The van der Waals surface area contributed by atoms with Crippen LogP contribution in [0.5, 0.6) is 0 Å². The van der Waals surface area contributed by atoms with Crippen molar-refractivity contribution in [3.8, 4) is 0 Å². The van der Waals surface area contributed by atoms with E-state index in [0.717, 1.165) is 30.5 Å². The average molecular weight is 334 g/mol. The first-order chi connectivity index (χ1) is 11.2. The Balaban J connectivity index is 1.60. The molecule has 0 bridgehead atoms. The first-order valence-electron chi connectivity index (χ1n) is 7.92. The van der Waals surface area contributed by atoms with Gasteiger partial charge in [-0.05, 0) is 43.2 Å². The Morgan fingerprint density at radius 2 is 2.43 bits per heavy atom. The van der Waals surface area contributed by atoms with E-state index in [1.165, 1.54) is 10.4 Å². The number of urea groups is 1. The van der Waals surface area contributed by atoms with Crippen molar-refractivity contribution < 1.29 is 9.90 Å². The largest absolute Gasteiger partial charge is 0.394 e. The van der Waals surface area contributed by atoms with Gasteiger partial charge in [0.1, 0.15) is 0 Å². The molecule has 0 saturated carbocycles. The van der Waals surface area contributed by atoms with Gasteiger partial charge < -0.3 is 15.7 Å². The van der Waals surface area contributed by atoms with Crippen LogP contribution in [0, 0.1) is 6.92 Å². The van der Waals surface area contributed by atoms with Crippen LogP contribution in [0.25, 0.3) is 0 Å². The minimum atomic E-state index is -0.148. The van der Waals surface area contributed by atoms with Gasteiger partial charge in [-0.3, -0.25) is 4.68 Å². The first kappa shape index (κ1) is 16.0. The molecule has 0 spiro atoms. The summed E-state index contributed by atoms with van der Waals surface area (Å²) in [4.78, 5) is 13.4. The SMILES string of the molecule is Cc1ccsc1CNC(=O)NC1CCCc2c1cnn2CCO. The van der Waals surface area contributed by atoms with E-state index >= 15 is 0 Å². The number of aliphatic hydroxyl groups excluding tert-OH is 1. The summed E-state index contributed by atoms with van der Waals surface area (Å²) >= 11 is 1.66. The molecule has 0 aliphatic heterocycles. The van der Waals surface area contributed by atoms with Crippen LogP contribution in [0.15, 0.2) is 17.6 Å². The lowest BCUT2D eigenvalue weighted by atomic mass is 9.93. The number of aryl methyl sites for hydroxylation is 1. The summed E-state index contributed by atoms with van der Waals surface area (Å²) in [6.07, 6.45) is 4.70. The van der Waals surface area contributed by atoms with Crippen LogP contribution in [-0.4, -0.2) is 27.5 Å². The molecule has 0 fully saturated rings. The van der Waals surface area contributed by atoms with Crippen LogP contribution in [0.2, 0.25) is 0 Å². The number of carbonyl (C=O) groups is 1. The molecule has 124 valence electrons. The van der Waals surface area contributed by atoms with Gasteiger partial charge >= 0.3 is 6.03 Å². The molecule has 7 heteroatoms. The number of thiophene rings is 1. The molecule has 1 atom stereocenters. The van der Waals surface area contributed by atoms with E-state index in [2.05, 4.69) is 21.8 Å². The summed E-state index contributed by atoms with van der Waals surface area (Å²) < 4.78 is 1.84. The summed E-state index contributed by atoms with van der Waals surface area (Å²) in [5, 5.41) is 21.4. The predicted octanol–water partition coefficient (Wildman–Crippen LogP) is 2.12. The van der Waals surface area contributed by atoms with Crippen molar-refractivity contribution in [3.63, 3.8) is 0 Å². The van der Waals surface area contributed by atoms with E-state index in [1.807, 2.05) is 23.2 Å². The summed E-state index contributed by atoms with van der Waals surface area (Å²) in [7, 11) is 0. The van der Waals surface area contributed by atoms with Crippen molar-refractivity contribution in [2.75, 3.05) is 6.61 Å². The van der Waals surface area contributed by atoms with Gasteiger partial charge in [-0.25, -0.2) is 4.79 Å².